The second kappa shape index (κ2) is 7.55. The number of fused-ring (bicyclic) bond motifs is 1. The number of rotatable bonds is 4. The van der Waals surface area contributed by atoms with E-state index in [0.717, 1.165) is 33.6 Å². The summed E-state index contributed by atoms with van der Waals surface area (Å²) < 4.78 is 2.75. The molecular formula is C22H22N6O2. The molecule has 8 nitrogen and oxygen atoms in total. The summed E-state index contributed by atoms with van der Waals surface area (Å²) in [6, 6.07) is 11.7. The molecule has 0 unspecified atom stereocenters. The fourth-order valence-corrected chi connectivity index (χ4v) is 3.53. The molecule has 4 rings (SSSR count). The highest BCUT2D eigenvalue weighted by Crippen LogP contribution is 2.22. The van der Waals surface area contributed by atoms with E-state index in [9.17, 15) is 9.59 Å². The Morgan fingerprint density at radius 1 is 1.00 bits per heavy atom. The normalized spacial score (nSPS) is 11.1. The topological polar surface area (TPSA) is 94.7 Å². The van der Waals surface area contributed by atoms with Crippen LogP contribution in [0.1, 0.15) is 22.3 Å². The highest BCUT2D eigenvalue weighted by molar-refractivity contribution is 5.92. The highest BCUT2D eigenvalue weighted by Gasteiger charge is 2.15. The van der Waals surface area contributed by atoms with Crippen LogP contribution in [-0.2, 0) is 11.3 Å². The van der Waals surface area contributed by atoms with Gasteiger partial charge in [0.2, 0.25) is 5.91 Å². The number of anilines is 1. The van der Waals surface area contributed by atoms with Crippen molar-refractivity contribution < 1.29 is 4.79 Å². The number of nitrogens with one attached hydrogen (secondary N) is 1. The summed E-state index contributed by atoms with van der Waals surface area (Å²) in [4.78, 5) is 29.7. The Balaban J connectivity index is 1.61. The Labute approximate surface area is 173 Å². The lowest BCUT2D eigenvalue weighted by atomic mass is 10.1. The largest absolute Gasteiger partial charge is 0.324 e. The van der Waals surface area contributed by atoms with Gasteiger partial charge < -0.3 is 5.32 Å². The van der Waals surface area contributed by atoms with Crippen molar-refractivity contribution >= 4 is 22.8 Å². The molecular weight excluding hydrogens is 380 g/mol. The molecule has 2 aromatic carbocycles. The van der Waals surface area contributed by atoms with Crippen molar-refractivity contribution in [2.45, 2.75) is 34.2 Å². The number of amides is 1. The molecule has 0 radical (unpaired) electrons. The Morgan fingerprint density at radius 2 is 1.67 bits per heavy atom. The van der Waals surface area contributed by atoms with Gasteiger partial charge in [-0.15, -0.1) is 5.10 Å². The molecule has 0 bridgehead atoms. The summed E-state index contributed by atoms with van der Waals surface area (Å²) in [5.41, 5.74) is 5.78. The average Bonchev–Trinajstić information content (AvgIpc) is 3.12. The first-order chi connectivity index (χ1) is 14.3. The van der Waals surface area contributed by atoms with Gasteiger partial charge in [-0.05, 0) is 51.0 Å². The maximum atomic E-state index is 12.8. The summed E-state index contributed by atoms with van der Waals surface area (Å²) >= 11 is 0. The van der Waals surface area contributed by atoms with Gasteiger partial charge in [0.15, 0.2) is 11.2 Å². The van der Waals surface area contributed by atoms with Crippen LogP contribution in [0.2, 0.25) is 0 Å². The smallest absolute Gasteiger partial charge is 0.284 e. The van der Waals surface area contributed by atoms with Gasteiger partial charge in [-0.1, -0.05) is 40.6 Å². The van der Waals surface area contributed by atoms with E-state index in [4.69, 9.17) is 0 Å². The zero-order chi connectivity index (χ0) is 21.4. The number of hydrogen-bond acceptors (Lipinski definition) is 5. The van der Waals surface area contributed by atoms with Gasteiger partial charge in [0.1, 0.15) is 12.9 Å². The Morgan fingerprint density at radius 3 is 2.33 bits per heavy atom. The summed E-state index contributed by atoms with van der Waals surface area (Å²) in [6.07, 6.45) is 1.35. The maximum Gasteiger partial charge on any atom is 0.284 e. The van der Waals surface area contributed by atoms with Crippen molar-refractivity contribution in [2.75, 3.05) is 5.32 Å². The fourth-order valence-electron chi connectivity index (χ4n) is 3.53. The molecule has 152 valence electrons. The summed E-state index contributed by atoms with van der Waals surface area (Å²) in [5, 5.41) is 11.0. The van der Waals surface area contributed by atoms with Crippen LogP contribution in [-0.4, -0.2) is 30.5 Å². The first kappa shape index (κ1) is 19.5. The van der Waals surface area contributed by atoms with Gasteiger partial charge in [0.05, 0.1) is 5.69 Å². The quantitative estimate of drug-likeness (QED) is 0.566. The Hall–Kier alpha value is -3.81. The van der Waals surface area contributed by atoms with E-state index in [-0.39, 0.29) is 18.0 Å². The van der Waals surface area contributed by atoms with E-state index in [1.807, 2.05) is 64.1 Å². The number of benzene rings is 2. The van der Waals surface area contributed by atoms with Crippen LogP contribution >= 0.6 is 0 Å². The zero-order valence-corrected chi connectivity index (χ0v) is 17.3. The number of carbonyl (C=O) groups is 1. The van der Waals surface area contributed by atoms with E-state index in [0.29, 0.717) is 5.65 Å². The van der Waals surface area contributed by atoms with Crippen molar-refractivity contribution in [1.82, 2.24) is 24.5 Å². The van der Waals surface area contributed by atoms with Gasteiger partial charge in [-0.3, -0.25) is 14.2 Å². The third-order valence-electron chi connectivity index (χ3n) is 4.96. The van der Waals surface area contributed by atoms with Crippen LogP contribution in [0.25, 0.3) is 16.9 Å². The number of aromatic nitrogens is 5. The van der Waals surface area contributed by atoms with Crippen molar-refractivity contribution in [3.8, 4) is 5.69 Å². The van der Waals surface area contributed by atoms with E-state index in [1.165, 1.54) is 15.6 Å². The first-order valence-electron chi connectivity index (χ1n) is 9.59. The second-order valence-electron chi connectivity index (χ2n) is 7.51. The average molecular weight is 402 g/mol. The lowest BCUT2D eigenvalue weighted by Crippen LogP contribution is -2.28. The van der Waals surface area contributed by atoms with Gasteiger partial charge in [0.25, 0.3) is 5.56 Å². The Bertz CT molecular complexity index is 1290. The molecule has 2 aromatic heterocycles. The standard InChI is InChI=1S/C22H22N6O2/c1-13-5-7-17(8-6-13)28-21-20(25-26-28)22(30)27(12-23-21)11-18(29)24-19-15(3)9-14(2)10-16(19)4/h5-10,12H,11H2,1-4H3,(H,24,29). The lowest BCUT2D eigenvalue weighted by molar-refractivity contribution is -0.116. The molecule has 0 aliphatic rings. The number of hydrogen-bond donors (Lipinski definition) is 1. The summed E-state index contributed by atoms with van der Waals surface area (Å²) in [6.45, 7) is 7.73. The first-order valence-corrected chi connectivity index (χ1v) is 9.59. The predicted molar refractivity (Wildman–Crippen MR) is 115 cm³/mol. The molecule has 0 fully saturated rings. The minimum absolute atomic E-state index is 0.119. The number of aryl methyl sites for hydroxylation is 4. The third-order valence-corrected chi connectivity index (χ3v) is 4.96. The molecule has 0 saturated heterocycles. The minimum atomic E-state index is -0.411. The number of nitrogens with zero attached hydrogens (tertiary/aromatic N) is 5. The highest BCUT2D eigenvalue weighted by atomic mass is 16.2. The lowest BCUT2D eigenvalue weighted by Gasteiger charge is -2.13. The van der Waals surface area contributed by atoms with E-state index in [1.54, 1.807) is 0 Å². The van der Waals surface area contributed by atoms with E-state index >= 15 is 0 Å². The van der Waals surface area contributed by atoms with Gasteiger partial charge in [0, 0.05) is 5.69 Å². The van der Waals surface area contributed by atoms with E-state index < -0.39 is 5.56 Å². The molecule has 4 aromatic rings. The third kappa shape index (κ3) is 3.59. The van der Waals surface area contributed by atoms with Gasteiger partial charge >= 0.3 is 0 Å². The SMILES string of the molecule is Cc1ccc(-n2nnc3c(=O)n(CC(=O)Nc4c(C)cc(C)cc4C)cnc32)cc1. The number of carbonyl (C=O) groups excluding carboxylic acids is 1. The summed E-state index contributed by atoms with van der Waals surface area (Å²) in [7, 11) is 0. The van der Waals surface area contributed by atoms with Crippen LogP contribution in [0.3, 0.4) is 0 Å². The van der Waals surface area contributed by atoms with Gasteiger partial charge in [-0.25, -0.2) is 4.98 Å². The van der Waals surface area contributed by atoms with Crippen LogP contribution < -0.4 is 10.9 Å². The molecule has 0 aliphatic heterocycles. The molecule has 0 atom stereocenters. The molecule has 1 N–H and O–H groups in total. The zero-order valence-electron chi connectivity index (χ0n) is 17.3. The van der Waals surface area contributed by atoms with Crippen LogP contribution in [0.15, 0.2) is 47.5 Å². The molecule has 30 heavy (non-hydrogen) atoms. The summed E-state index contributed by atoms with van der Waals surface area (Å²) in [5.74, 6) is -0.306. The van der Waals surface area contributed by atoms with Crippen LogP contribution in [0.5, 0.6) is 0 Å². The molecule has 1 amide bonds. The predicted octanol–water partition coefficient (Wildman–Crippen LogP) is 2.85. The Kier molecular flexibility index (Phi) is 4.91. The van der Waals surface area contributed by atoms with Crippen molar-refractivity contribution in [3.63, 3.8) is 0 Å². The fraction of sp³-hybridized carbons (Fsp3) is 0.227. The molecule has 0 aliphatic carbocycles. The van der Waals surface area contributed by atoms with Crippen molar-refractivity contribution in [2.24, 2.45) is 0 Å². The maximum absolute atomic E-state index is 12.8. The molecule has 0 saturated carbocycles. The molecule has 0 spiro atoms. The van der Waals surface area contributed by atoms with Crippen LogP contribution in [0, 0.1) is 27.7 Å². The molecule has 8 heteroatoms. The van der Waals surface area contributed by atoms with Crippen molar-refractivity contribution in [1.29, 1.82) is 0 Å². The second-order valence-corrected chi connectivity index (χ2v) is 7.51. The minimum Gasteiger partial charge on any atom is -0.324 e. The van der Waals surface area contributed by atoms with Gasteiger partial charge in [-0.2, -0.15) is 4.68 Å². The molecule has 2 heterocycles. The van der Waals surface area contributed by atoms with Crippen molar-refractivity contribution in [3.05, 3.63) is 75.3 Å². The monoisotopic (exact) mass is 402 g/mol. The van der Waals surface area contributed by atoms with Crippen LogP contribution in [0.4, 0.5) is 5.69 Å². The van der Waals surface area contributed by atoms with E-state index in [2.05, 4.69) is 20.6 Å².